The number of hydrogen-bond donors (Lipinski definition) is 0. The van der Waals surface area contributed by atoms with Crippen LogP contribution in [0.5, 0.6) is 0 Å². The van der Waals surface area contributed by atoms with Crippen molar-refractivity contribution in [3.8, 4) is 22.3 Å². The van der Waals surface area contributed by atoms with E-state index < -0.39 is 40.1 Å². The standard InChI is InChI=1S/2C21H25.2C9H13.2C2H6Si.2ClH.2Hf/c2*1-20(2,3)16-7-9-18-14(12-16)11-15-13-17(21(4,5)6)8-10-19(15)18;2*1-3-8-6-5-7-9(8)4-2;2*1-3-2;;;;/h2*7-10,12H,11H2,1-6H3;2*6H,3-5H2,1-2H3;2*1-2H3;2*1H;;/p-2. The Kier molecular flexibility index (Phi) is 19.4. The molecule has 0 nitrogen and oxygen atoms in total. The van der Waals surface area contributed by atoms with Gasteiger partial charge in [-0.15, -0.1) is 0 Å². The Bertz CT molecular complexity index is 2680. The van der Waals surface area contributed by atoms with Crippen molar-refractivity contribution in [2.45, 2.75) is 210 Å². The van der Waals surface area contributed by atoms with Gasteiger partial charge in [-0.1, -0.05) is 0 Å². The van der Waals surface area contributed by atoms with Gasteiger partial charge in [0.1, 0.15) is 0 Å². The Morgan fingerprint density at radius 3 is 1.03 bits per heavy atom. The van der Waals surface area contributed by atoms with Crippen molar-refractivity contribution < 1.29 is 64.9 Å². The Hall–Kier alpha value is -1.41. The molecule has 4 aliphatic carbocycles. The summed E-state index contributed by atoms with van der Waals surface area (Å²) in [4.78, 5) is 0. The third kappa shape index (κ3) is 11.7. The molecule has 0 bridgehead atoms. The first-order valence-corrected chi connectivity index (χ1v) is 49.5. The van der Waals surface area contributed by atoms with Crippen molar-refractivity contribution in [2.75, 3.05) is 0 Å². The van der Waals surface area contributed by atoms with E-state index in [1.165, 1.54) is 60.8 Å². The zero-order valence-electron chi connectivity index (χ0n) is 47.3. The summed E-state index contributed by atoms with van der Waals surface area (Å²) in [5.74, 6) is 0. The van der Waals surface area contributed by atoms with Crippen LogP contribution in [0, 0.1) is 0 Å². The van der Waals surface area contributed by atoms with Crippen molar-refractivity contribution >= 4 is 17.6 Å². The minimum Gasteiger partial charge on any atom is -1.00 e. The molecule has 4 aromatic carbocycles. The van der Waals surface area contributed by atoms with E-state index in [0.29, 0.717) is 0 Å². The second-order valence-corrected chi connectivity index (χ2v) is 72.1. The van der Waals surface area contributed by atoms with Crippen LogP contribution in [-0.4, -0.2) is 11.0 Å². The molecule has 70 heavy (non-hydrogen) atoms. The van der Waals surface area contributed by atoms with Crippen LogP contribution in [0.25, 0.3) is 22.3 Å². The van der Waals surface area contributed by atoms with Crippen LogP contribution in [-0.2, 0) is 74.6 Å². The second kappa shape index (κ2) is 22.8. The molecule has 0 heterocycles. The van der Waals surface area contributed by atoms with E-state index in [-0.39, 0.29) is 57.5 Å². The van der Waals surface area contributed by atoms with Crippen LogP contribution in [0.15, 0.2) is 102 Å². The monoisotopic (exact) mass is 1340 g/mol. The first-order chi connectivity index (χ1) is 31.8. The maximum atomic E-state index is 2.64. The van der Waals surface area contributed by atoms with Gasteiger partial charge in [0.05, 0.1) is 0 Å². The summed E-state index contributed by atoms with van der Waals surface area (Å²) in [6.45, 7) is 48.8. The number of rotatable bonds is 8. The molecule has 0 atom stereocenters. The van der Waals surface area contributed by atoms with E-state index in [9.17, 15) is 0 Å². The van der Waals surface area contributed by atoms with Gasteiger partial charge in [0.2, 0.25) is 0 Å². The Morgan fingerprint density at radius 1 is 0.429 bits per heavy atom. The molecule has 0 saturated carbocycles. The summed E-state index contributed by atoms with van der Waals surface area (Å²) in [6, 6.07) is 24.7. The van der Waals surface area contributed by atoms with Crippen molar-refractivity contribution in [3.63, 3.8) is 0 Å². The van der Waals surface area contributed by atoms with E-state index in [1.807, 2.05) is 13.3 Å². The number of halogens is 2. The summed E-state index contributed by atoms with van der Waals surface area (Å²) in [7, 11) is 0. The molecule has 6 heteroatoms. The fourth-order valence-electron chi connectivity index (χ4n) is 12.1. The minimum absolute atomic E-state index is 0. The van der Waals surface area contributed by atoms with E-state index in [2.05, 4.69) is 210 Å². The predicted octanol–water partition coefficient (Wildman–Crippen LogP) is 11.5. The Balaban J connectivity index is 0.000000254. The molecular formula is C64H88Cl2Hf2Si2-2. The number of allylic oxidation sites excluding steroid dienone is 8. The van der Waals surface area contributed by atoms with E-state index in [4.69, 9.17) is 0 Å². The first-order valence-electron chi connectivity index (χ1n) is 26.6. The molecule has 4 aliphatic rings. The van der Waals surface area contributed by atoms with Gasteiger partial charge in [-0.2, -0.15) is 0 Å². The molecule has 4 aromatic rings. The topological polar surface area (TPSA) is 0 Å². The number of benzene rings is 4. The van der Waals surface area contributed by atoms with Gasteiger partial charge < -0.3 is 24.8 Å². The minimum atomic E-state index is -2.27. The predicted molar refractivity (Wildman–Crippen MR) is 299 cm³/mol. The van der Waals surface area contributed by atoms with Gasteiger partial charge in [0.25, 0.3) is 0 Å². The van der Waals surface area contributed by atoms with Crippen molar-refractivity contribution in [3.05, 3.63) is 146 Å². The van der Waals surface area contributed by atoms with Crippen LogP contribution >= 0.6 is 0 Å². The number of fused-ring (bicyclic) bond motifs is 6. The average Bonchev–Trinajstić information content (AvgIpc) is 4.04. The van der Waals surface area contributed by atoms with E-state index >= 15 is 0 Å². The summed E-state index contributed by atoms with van der Waals surface area (Å²) < 4.78 is 7.70. The van der Waals surface area contributed by atoms with Gasteiger partial charge in [-0.25, -0.2) is 0 Å². The van der Waals surface area contributed by atoms with Gasteiger partial charge >= 0.3 is 436 Å². The van der Waals surface area contributed by atoms with Crippen LogP contribution in [0.1, 0.15) is 194 Å². The first kappa shape index (κ1) is 59.5. The smallest absolute Gasteiger partial charge is 1.00 e. The van der Waals surface area contributed by atoms with Gasteiger partial charge in [0.15, 0.2) is 0 Å². The molecule has 0 N–H and O–H groups in total. The fraction of sp³-hybridized carbons (Fsp3) is 0.500. The molecular weight excluding hydrogens is 1250 g/mol. The van der Waals surface area contributed by atoms with Gasteiger partial charge in [-0.3, -0.25) is 0 Å². The average molecular weight is 1340 g/mol. The Morgan fingerprint density at radius 2 is 0.757 bits per heavy atom. The maximum Gasteiger partial charge on any atom is -1.00 e. The fourth-order valence-corrected chi connectivity index (χ4v) is 64.9. The molecule has 0 spiro atoms. The third-order valence-electron chi connectivity index (χ3n) is 15.7. The zero-order chi connectivity index (χ0) is 50.0. The van der Waals surface area contributed by atoms with E-state index in [0.717, 1.165) is 12.8 Å². The molecule has 0 aliphatic heterocycles. The SMILES string of the molecule is CCC1=CC[C]([Hf]([c]2c(C(C)(C)C)ccc3c2Cc2cc(C(C)(C)C)ccc2-3)=[Si](C)C)=C1CC.CCC1=CC[C]([Hf]([c]2c(C(C)(C)C)ccc3c2Cc2cc(C(C)(C)C)ccc2-3)=[Si](C)C)=C1CC.[Cl-].[Cl-]. The second-order valence-electron chi connectivity index (χ2n) is 25.1. The summed E-state index contributed by atoms with van der Waals surface area (Å²) >= 11 is -4.54. The van der Waals surface area contributed by atoms with Gasteiger partial charge in [-0.05, 0) is 0 Å². The molecule has 8 rings (SSSR count). The van der Waals surface area contributed by atoms with Crippen molar-refractivity contribution in [1.82, 2.24) is 0 Å². The molecule has 0 saturated heterocycles. The number of hydrogen-bond acceptors (Lipinski definition) is 0. The molecule has 0 amide bonds. The van der Waals surface area contributed by atoms with Crippen LogP contribution < -0.4 is 31.5 Å². The summed E-state index contributed by atoms with van der Waals surface area (Å²) in [6.07, 6.45) is 14.8. The normalized spacial score (nSPS) is 15.0. The molecule has 0 fully saturated rings. The summed E-state index contributed by atoms with van der Waals surface area (Å²) in [5.41, 5.74) is 25.8. The molecule has 0 aromatic heterocycles. The summed E-state index contributed by atoms with van der Waals surface area (Å²) in [5, 5.41) is 0. The third-order valence-corrected chi connectivity index (χ3v) is 63.9. The van der Waals surface area contributed by atoms with Crippen LogP contribution in [0.3, 0.4) is 0 Å². The largest absolute Gasteiger partial charge is 1.00 e. The quantitative estimate of drug-likeness (QED) is 0.133. The molecule has 376 valence electrons. The van der Waals surface area contributed by atoms with Crippen molar-refractivity contribution in [1.29, 1.82) is 0 Å². The maximum absolute atomic E-state index is 2.64. The zero-order valence-corrected chi connectivity index (χ0v) is 58.0. The Labute approximate surface area is 456 Å². The van der Waals surface area contributed by atoms with E-state index in [1.54, 1.807) is 66.8 Å². The molecule has 0 radical (unpaired) electrons. The van der Waals surface area contributed by atoms with Crippen LogP contribution in [0.2, 0.25) is 26.2 Å². The van der Waals surface area contributed by atoms with Crippen molar-refractivity contribution in [2.24, 2.45) is 0 Å². The molecule has 0 unspecified atom stereocenters. The van der Waals surface area contributed by atoms with Crippen LogP contribution in [0.4, 0.5) is 0 Å². The van der Waals surface area contributed by atoms with Gasteiger partial charge in [0, 0.05) is 0 Å².